The van der Waals surface area contributed by atoms with Gasteiger partial charge in [0.15, 0.2) is 23.9 Å². The van der Waals surface area contributed by atoms with Gasteiger partial charge in [-0.25, -0.2) is 4.79 Å². The summed E-state index contributed by atoms with van der Waals surface area (Å²) < 4.78 is 10.2. The number of ketones is 1. The van der Waals surface area contributed by atoms with Crippen molar-refractivity contribution < 1.29 is 29.1 Å². The summed E-state index contributed by atoms with van der Waals surface area (Å²) in [6.07, 6.45) is 2.80. The first-order chi connectivity index (χ1) is 12.4. The molecule has 8 heteroatoms. The van der Waals surface area contributed by atoms with Crippen molar-refractivity contribution in [1.29, 1.82) is 0 Å². The van der Waals surface area contributed by atoms with E-state index < -0.39 is 17.5 Å². The van der Waals surface area contributed by atoms with Crippen LogP contribution in [0.1, 0.15) is 15.9 Å². The molecule has 26 heavy (non-hydrogen) atoms. The number of rotatable bonds is 8. The van der Waals surface area contributed by atoms with Crippen molar-refractivity contribution in [2.45, 2.75) is 0 Å². The lowest BCUT2D eigenvalue weighted by Gasteiger charge is -2.09. The minimum atomic E-state index is -1.11. The van der Waals surface area contributed by atoms with Gasteiger partial charge in [0.25, 0.3) is 5.69 Å². The molecule has 0 radical (unpaired) electrons. The van der Waals surface area contributed by atoms with Gasteiger partial charge in [-0.05, 0) is 23.8 Å². The number of nitro groups is 1. The molecule has 0 amide bonds. The number of carbonyl (C=O) groups excluding carboxylic acids is 1. The van der Waals surface area contributed by atoms with E-state index in [4.69, 9.17) is 14.6 Å². The smallest absolute Gasteiger partial charge is 0.341 e. The predicted molar refractivity (Wildman–Crippen MR) is 92.6 cm³/mol. The van der Waals surface area contributed by atoms with Crippen LogP contribution in [0.3, 0.4) is 0 Å². The van der Waals surface area contributed by atoms with Crippen molar-refractivity contribution in [3.05, 3.63) is 69.8 Å². The highest BCUT2D eigenvalue weighted by atomic mass is 16.6. The minimum Gasteiger partial charge on any atom is -0.493 e. The number of nitro benzene ring substituents is 1. The second kappa shape index (κ2) is 8.43. The van der Waals surface area contributed by atoms with E-state index in [-0.39, 0.29) is 22.8 Å². The Morgan fingerprint density at radius 2 is 1.96 bits per heavy atom. The van der Waals surface area contributed by atoms with Crippen LogP contribution in [0.25, 0.3) is 6.08 Å². The highest BCUT2D eigenvalue weighted by molar-refractivity contribution is 6.07. The average molecular weight is 357 g/mol. The molecule has 0 spiro atoms. The van der Waals surface area contributed by atoms with Crippen molar-refractivity contribution in [3.63, 3.8) is 0 Å². The summed E-state index contributed by atoms with van der Waals surface area (Å²) in [5, 5.41) is 19.4. The zero-order chi connectivity index (χ0) is 19.1. The molecule has 0 atom stereocenters. The number of allylic oxidation sites excluding steroid dienone is 1. The minimum absolute atomic E-state index is 0.161. The fraction of sp³-hybridized carbons (Fsp3) is 0.111. The number of methoxy groups -OCH3 is 1. The van der Waals surface area contributed by atoms with Gasteiger partial charge in [0.1, 0.15) is 0 Å². The van der Waals surface area contributed by atoms with Gasteiger partial charge in [0, 0.05) is 17.7 Å². The van der Waals surface area contributed by atoms with E-state index in [1.165, 1.54) is 49.6 Å². The highest BCUT2D eigenvalue weighted by Gasteiger charge is 2.10. The number of carboxylic acids is 1. The Morgan fingerprint density at radius 1 is 1.19 bits per heavy atom. The number of benzene rings is 2. The summed E-state index contributed by atoms with van der Waals surface area (Å²) in [5.74, 6) is -0.925. The van der Waals surface area contributed by atoms with Crippen LogP contribution in [0.4, 0.5) is 5.69 Å². The van der Waals surface area contributed by atoms with Crippen LogP contribution in [0.15, 0.2) is 48.5 Å². The lowest BCUT2D eigenvalue weighted by Crippen LogP contribution is -2.10. The van der Waals surface area contributed by atoms with E-state index in [1.54, 1.807) is 12.1 Å². The lowest BCUT2D eigenvalue weighted by atomic mass is 10.1. The molecule has 2 rings (SSSR count). The van der Waals surface area contributed by atoms with Crippen molar-refractivity contribution in [1.82, 2.24) is 0 Å². The third kappa shape index (κ3) is 4.91. The molecule has 0 aliphatic heterocycles. The Labute approximate surface area is 148 Å². The van der Waals surface area contributed by atoms with Crippen molar-refractivity contribution in [2.24, 2.45) is 0 Å². The molecule has 0 unspecified atom stereocenters. The fourth-order valence-corrected chi connectivity index (χ4v) is 2.09. The molecule has 0 bridgehead atoms. The van der Waals surface area contributed by atoms with Crippen LogP contribution >= 0.6 is 0 Å². The van der Waals surface area contributed by atoms with Crippen LogP contribution in [0, 0.1) is 10.1 Å². The van der Waals surface area contributed by atoms with Gasteiger partial charge in [-0.1, -0.05) is 24.3 Å². The third-order valence-electron chi connectivity index (χ3n) is 3.31. The number of carboxylic acid groups (broad SMARTS) is 1. The zero-order valence-electron chi connectivity index (χ0n) is 13.7. The van der Waals surface area contributed by atoms with Crippen molar-refractivity contribution in [2.75, 3.05) is 13.7 Å². The monoisotopic (exact) mass is 357 g/mol. The van der Waals surface area contributed by atoms with E-state index in [0.717, 1.165) is 0 Å². The SMILES string of the molecule is COc1cc(/C=C/C(=O)c2cccc([N+](=O)[O-])c2)ccc1OCC(=O)O. The van der Waals surface area contributed by atoms with E-state index in [1.807, 2.05) is 0 Å². The normalized spacial score (nSPS) is 10.5. The standard InChI is InChI=1S/C18H15NO7/c1-25-17-9-12(6-8-16(17)26-11-18(21)22)5-7-15(20)13-3-2-4-14(10-13)19(23)24/h2-10H,11H2,1H3,(H,21,22)/b7-5+. The van der Waals surface area contributed by atoms with Gasteiger partial charge in [-0.15, -0.1) is 0 Å². The zero-order valence-corrected chi connectivity index (χ0v) is 13.7. The maximum atomic E-state index is 12.2. The number of non-ortho nitro benzene ring substituents is 1. The average Bonchev–Trinajstić information content (AvgIpc) is 2.64. The lowest BCUT2D eigenvalue weighted by molar-refractivity contribution is -0.384. The summed E-state index contributed by atoms with van der Waals surface area (Å²) in [5.41, 5.74) is 0.651. The molecule has 134 valence electrons. The van der Waals surface area contributed by atoms with Gasteiger partial charge < -0.3 is 14.6 Å². The van der Waals surface area contributed by atoms with Gasteiger partial charge in [-0.3, -0.25) is 14.9 Å². The Kier molecular flexibility index (Phi) is 6.05. The Bertz CT molecular complexity index is 874. The molecular weight excluding hydrogens is 342 g/mol. The van der Waals surface area contributed by atoms with Crippen LogP contribution in [-0.2, 0) is 4.79 Å². The summed E-state index contributed by atoms with van der Waals surface area (Å²) in [6.45, 7) is -0.503. The van der Waals surface area contributed by atoms with Gasteiger partial charge in [0.2, 0.25) is 0 Å². The van der Waals surface area contributed by atoms with Crippen LogP contribution in [0.2, 0.25) is 0 Å². The van der Waals surface area contributed by atoms with Crippen LogP contribution in [-0.4, -0.2) is 35.5 Å². The molecule has 0 aliphatic carbocycles. The first-order valence-corrected chi connectivity index (χ1v) is 7.40. The molecule has 0 heterocycles. The van der Waals surface area contributed by atoms with Crippen LogP contribution in [0.5, 0.6) is 11.5 Å². The molecule has 8 nitrogen and oxygen atoms in total. The Balaban J connectivity index is 2.16. The third-order valence-corrected chi connectivity index (χ3v) is 3.31. The number of ether oxygens (including phenoxy) is 2. The summed E-state index contributed by atoms with van der Waals surface area (Å²) in [6, 6.07) is 10.2. The van der Waals surface area contributed by atoms with E-state index in [2.05, 4.69) is 0 Å². The second-order valence-corrected chi connectivity index (χ2v) is 5.10. The molecule has 0 aromatic heterocycles. The molecular formula is C18H15NO7. The van der Waals surface area contributed by atoms with Crippen molar-refractivity contribution in [3.8, 4) is 11.5 Å². The Morgan fingerprint density at radius 3 is 2.62 bits per heavy atom. The maximum Gasteiger partial charge on any atom is 0.341 e. The number of hydrogen-bond acceptors (Lipinski definition) is 6. The molecule has 0 aliphatic rings. The molecule has 0 saturated heterocycles. The second-order valence-electron chi connectivity index (χ2n) is 5.10. The van der Waals surface area contributed by atoms with Gasteiger partial charge >= 0.3 is 5.97 Å². The number of aliphatic carboxylic acids is 1. The first kappa shape index (κ1) is 18.7. The molecule has 0 saturated carbocycles. The highest BCUT2D eigenvalue weighted by Crippen LogP contribution is 2.28. The number of carbonyl (C=O) groups is 2. The molecule has 2 aromatic rings. The van der Waals surface area contributed by atoms with E-state index in [0.29, 0.717) is 11.3 Å². The molecule has 1 N–H and O–H groups in total. The number of nitrogens with zero attached hydrogens (tertiary/aromatic N) is 1. The quantitative estimate of drug-likeness (QED) is 0.334. The summed E-state index contributed by atoms with van der Waals surface area (Å²) >= 11 is 0. The fourth-order valence-electron chi connectivity index (χ4n) is 2.09. The maximum absolute atomic E-state index is 12.2. The summed E-state index contributed by atoms with van der Waals surface area (Å²) in [4.78, 5) is 32.9. The Hall–Kier alpha value is -3.68. The van der Waals surface area contributed by atoms with Crippen LogP contribution < -0.4 is 9.47 Å². The molecule has 0 fully saturated rings. The topological polar surface area (TPSA) is 116 Å². The first-order valence-electron chi connectivity index (χ1n) is 7.40. The van der Waals surface area contributed by atoms with Gasteiger partial charge in [0.05, 0.1) is 12.0 Å². The summed E-state index contributed by atoms with van der Waals surface area (Å²) in [7, 11) is 1.41. The number of hydrogen-bond donors (Lipinski definition) is 1. The predicted octanol–water partition coefficient (Wildman–Crippen LogP) is 2.96. The van der Waals surface area contributed by atoms with Gasteiger partial charge in [-0.2, -0.15) is 0 Å². The van der Waals surface area contributed by atoms with Crippen molar-refractivity contribution >= 4 is 23.5 Å². The van der Waals surface area contributed by atoms with E-state index in [9.17, 15) is 19.7 Å². The molecule has 2 aromatic carbocycles. The largest absolute Gasteiger partial charge is 0.493 e. The van der Waals surface area contributed by atoms with E-state index >= 15 is 0 Å².